The summed E-state index contributed by atoms with van der Waals surface area (Å²) in [7, 11) is -3.64. The molecule has 128 valence electrons. The van der Waals surface area contributed by atoms with Gasteiger partial charge in [0.15, 0.2) is 0 Å². The molecule has 0 saturated heterocycles. The number of carbonyl (C=O) groups is 1. The Morgan fingerprint density at radius 3 is 2.54 bits per heavy atom. The van der Waals surface area contributed by atoms with Crippen molar-refractivity contribution in [2.24, 2.45) is 0 Å². The summed E-state index contributed by atoms with van der Waals surface area (Å²) in [4.78, 5) is 16.8. The fourth-order valence-corrected chi connectivity index (χ4v) is 3.47. The second kappa shape index (κ2) is 8.93. The molecule has 2 N–H and O–H groups in total. The van der Waals surface area contributed by atoms with E-state index in [1.807, 2.05) is 30.3 Å². The van der Waals surface area contributed by atoms with Crippen molar-refractivity contribution in [3.05, 3.63) is 64.6 Å². The van der Waals surface area contributed by atoms with Crippen LogP contribution in [0.15, 0.2) is 64.0 Å². The number of hydrogen-bond donors (Lipinski definition) is 2. The Hall–Kier alpha value is -1.74. The maximum absolute atomic E-state index is 12.1. The van der Waals surface area contributed by atoms with Gasteiger partial charge in [0.25, 0.3) is 0 Å². The summed E-state index contributed by atoms with van der Waals surface area (Å²) in [5.74, 6) is -0.400. The minimum atomic E-state index is -3.64. The van der Waals surface area contributed by atoms with Gasteiger partial charge in [-0.2, -0.15) is 0 Å². The zero-order chi connectivity index (χ0) is 17.4. The number of sulfonamides is 1. The van der Waals surface area contributed by atoms with Gasteiger partial charge in [-0.1, -0.05) is 52.3 Å². The summed E-state index contributed by atoms with van der Waals surface area (Å²) < 4.78 is 27.2. The summed E-state index contributed by atoms with van der Waals surface area (Å²) in [6.45, 7) is 0.228. The first kappa shape index (κ1) is 18.6. The molecule has 24 heavy (non-hydrogen) atoms. The van der Waals surface area contributed by atoms with E-state index in [0.717, 1.165) is 5.56 Å². The van der Waals surface area contributed by atoms with Crippen LogP contribution in [-0.4, -0.2) is 20.9 Å². The Morgan fingerprint density at radius 2 is 1.83 bits per heavy atom. The first-order chi connectivity index (χ1) is 11.5. The molecular formula is C16H17BrN2O4S. The fourth-order valence-electron chi connectivity index (χ4n) is 1.84. The molecule has 0 aliphatic heterocycles. The second-order valence-electron chi connectivity index (χ2n) is 4.90. The van der Waals surface area contributed by atoms with Crippen molar-refractivity contribution in [3.63, 3.8) is 0 Å². The van der Waals surface area contributed by atoms with Gasteiger partial charge in [0.2, 0.25) is 15.9 Å². The molecule has 2 aromatic rings. The molecule has 0 atom stereocenters. The summed E-state index contributed by atoms with van der Waals surface area (Å²) in [5, 5.41) is 0. The van der Waals surface area contributed by atoms with Gasteiger partial charge in [-0.05, 0) is 23.8 Å². The number of nitrogens with one attached hydrogen (secondary N) is 2. The molecule has 0 saturated carbocycles. The highest BCUT2D eigenvalue weighted by atomic mass is 79.9. The predicted octanol–water partition coefficient (Wildman–Crippen LogP) is 2.37. The molecule has 0 fully saturated rings. The number of amides is 1. The average molecular weight is 413 g/mol. The number of hydroxylamine groups is 1. The third-order valence-corrected chi connectivity index (χ3v) is 4.97. The van der Waals surface area contributed by atoms with Gasteiger partial charge in [0.1, 0.15) is 0 Å². The fraction of sp³-hybridized carbons (Fsp3) is 0.188. The average Bonchev–Trinajstić information content (AvgIpc) is 2.56. The van der Waals surface area contributed by atoms with Gasteiger partial charge in [0, 0.05) is 17.4 Å². The highest BCUT2D eigenvalue weighted by Gasteiger charge is 2.14. The number of halogens is 1. The van der Waals surface area contributed by atoms with E-state index in [9.17, 15) is 13.2 Å². The highest BCUT2D eigenvalue weighted by Crippen LogP contribution is 2.15. The predicted molar refractivity (Wildman–Crippen MR) is 93.3 cm³/mol. The molecular weight excluding hydrogens is 396 g/mol. The second-order valence-corrected chi connectivity index (χ2v) is 7.59. The van der Waals surface area contributed by atoms with Crippen LogP contribution in [0.4, 0.5) is 0 Å². The van der Waals surface area contributed by atoms with Crippen LogP contribution in [0.5, 0.6) is 0 Å². The standard InChI is InChI=1S/C16H17BrN2O4S/c17-14-7-4-8-15(11-14)24(21,22)18-10-9-16(20)19-23-12-13-5-2-1-3-6-13/h1-8,11,18H,9-10,12H2,(H,19,20). The Bertz CT molecular complexity index is 782. The van der Waals surface area contributed by atoms with Crippen LogP contribution in [0.2, 0.25) is 0 Å². The Balaban J connectivity index is 1.72. The van der Waals surface area contributed by atoms with Gasteiger partial charge in [0.05, 0.1) is 11.5 Å². The van der Waals surface area contributed by atoms with Crippen molar-refractivity contribution in [2.45, 2.75) is 17.9 Å². The van der Waals surface area contributed by atoms with Crippen molar-refractivity contribution in [1.82, 2.24) is 10.2 Å². The van der Waals surface area contributed by atoms with E-state index >= 15 is 0 Å². The number of carbonyl (C=O) groups excluding carboxylic acids is 1. The molecule has 0 radical (unpaired) electrons. The van der Waals surface area contributed by atoms with Crippen molar-refractivity contribution in [1.29, 1.82) is 0 Å². The van der Waals surface area contributed by atoms with Crippen LogP contribution in [0.25, 0.3) is 0 Å². The van der Waals surface area contributed by atoms with Crippen LogP contribution in [0, 0.1) is 0 Å². The third-order valence-electron chi connectivity index (χ3n) is 3.02. The molecule has 0 aliphatic rings. The number of hydrogen-bond acceptors (Lipinski definition) is 4. The maximum Gasteiger partial charge on any atom is 0.244 e. The summed E-state index contributed by atoms with van der Waals surface area (Å²) in [6.07, 6.45) is -0.0258. The van der Waals surface area contributed by atoms with Gasteiger partial charge in [-0.25, -0.2) is 18.6 Å². The lowest BCUT2D eigenvalue weighted by Gasteiger charge is -2.08. The molecule has 0 bridgehead atoms. The lowest BCUT2D eigenvalue weighted by molar-refractivity contribution is -0.134. The van der Waals surface area contributed by atoms with Crippen LogP contribution in [0.1, 0.15) is 12.0 Å². The van der Waals surface area contributed by atoms with E-state index in [0.29, 0.717) is 4.47 Å². The lowest BCUT2D eigenvalue weighted by atomic mass is 10.2. The van der Waals surface area contributed by atoms with Gasteiger partial charge >= 0.3 is 0 Å². The first-order valence-electron chi connectivity index (χ1n) is 7.17. The van der Waals surface area contributed by atoms with E-state index in [1.54, 1.807) is 12.1 Å². The zero-order valence-electron chi connectivity index (χ0n) is 12.7. The monoisotopic (exact) mass is 412 g/mol. The van der Waals surface area contributed by atoms with Gasteiger partial charge in [-0.3, -0.25) is 9.63 Å². The van der Waals surface area contributed by atoms with Crippen molar-refractivity contribution < 1.29 is 18.0 Å². The Labute approximate surface area is 149 Å². The highest BCUT2D eigenvalue weighted by molar-refractivity contribution is 9.10. The van der Waals surface area contributed by atoms with Crippen LogP contribution in [-0.2, 0) is 26.3 Å². The van der Waals surface area contributed by atoms with E-state index in [1.165, 1.54) is 12.1 Å². The molecule has 1 amide bonds. The largest absolute Gasteiger partial charge is 0.273 e. The summed E-state index contributed by atoms with van der Waals surface area (Å²) >= 11 is 3.22. The van der Waals surface area contributed by atoms with Crippen LogP contribution < -0.4 is 10.2 Å². The molecule has 0 aromatic heterocycles. The van der Waals surface area contributed by atoms with Gasteiger partial charge in [-0.15, -0.1) is 0 Å². The molecule has 0 aliphatic carbocycles. The van der Waals surface area contributed by atoms with Crippen LogP contribution >= 0.6 is 15.9 Å². The molecule has 8 heteroatoms. The quantitative estimate of drug-likeness (QED) is 0.651. The van der Waals surface area contributed by atoms with E-state index < -0.39 is 15.9 Å². The Morgan fingerprint density at radius 1 is 1.08 bits per heavy atom. The minimum Gasteiger partial charge on any atom is -0.273 e. The van der Waals surface area contributed by atoms with E-state index in [-0.39, 0.29) is 24.5 Å². The number of benzene rings is 2. The first-order valence-corrected chi connectivity index (χ1v) is 9.45. The molecule has 0 unspecified atom stereocenters. The molecule has 0 spiro atoms. The van der Waals surface area contributed by atoms with Crippen molar-refractivity contribution in [2.75, 3.05) is 6.54 Å². The molecule has 6 nitrogen and oxygen atoms in total. The lowest BCUT2D eigenvalue weighted by Crippen LogP contribution is -2.30. The zero-order valence-corrected chi connectivity index (χ0v) is 15.1. The van der Waals surface area contributed by atoms with Crippen molar-refractivity contribution >= 4 is 31.9 Å². The third kappa shape index (κ3) is 6.04. The number of rotatable bonds is 8. The van der Waals surface area contributed by atoms with Crippen LogP contribution in [0.3, 0.4) is 0 Å². The smallest absolute Gasteiger partial charge is 0.244 e. The minimum absolute atomic E-state index is 0.0185. The van der Waals surface area contributed by atoms with E-state index in [4.69, 9.17) is 4.84 Å². The molecule has 2 rings (SSSR count). The topological polar surface area (TPSA) is 84.5 Å². The maximum atomic E-state index is 12.1. The molecule has 0 heterocycles. The Kier molecular flexibility index (Phi) is 6.92. The SMILES string of the molecule is O=C(CCNS(=O)(=O)c1cccc(Br)c1)NOCc1ccccc1. The van der Waals surface area contributed by atoms with Gasteiger partial charge < -0.3 is 0 Å². The molecule has 2 aromatic carbocycles. The van der Waals surface area contributed by atoms with Crippen molar-refractivity contribution in [3.8, 4) is 0 Å². The summed E-state index contributed by atoms with van der Waals surface area (Å²) in [5.41, 5.74) is 3.21. The normalized spacial score (nSPS) is 11.2. The van der Waals surface area contributed by atoms with E-state index in [2.05, 4.69) is 26.1 Å². The summed E-state index contributed by atoms with van der Waals surface area (Å²) in [6, 6.07) is 15.7.